The van der Waals surface area contributed by atoms with Gasteiger partial charge in [-0.3, -0.25) is 4.79 Å². The van der Waals surface area contributed by atoms with Crippen LogP contribution in [0.3, 0.4) is 0 Å². The summed E-state index contributed by atoms with van der Waals surface area (Å²) in [4.78, 5) is 11.6. The Labute approximate surface area is 126 Å². The first-order valence-corrected chi connectivity index (χ1v) is 8.58. The van der Waals surface area contributed by atoms with Gasteiger partial charge in [0.1, 0.15) is 4.90 Å². The number of hydrogen-bond donors (Lipinski definition) is 3. The quantitative estimate of drug-likeness (QED) is 0.641. The van der Waals surface area contributed by atoms with E-state index >= 15 is 0 Å². The van der Waals surface area contributed by atoms with E-state index in [2.05, 4.69) is 15.4 Å². The Morgan fingerprint density at radius 3 is 2.52 bits per heavy atom. The summed E-state index contributed by atoms with van der Waals surface area (Å²) >= 11 is 0. The summed E-state index contributed by atoms with van der Waals surface area (Å²) in [6.07, 6.45) is 1.02. The molecule has 1 aromatic rings. The molecule has 0 aliphatic rings. The van der Waals surface area contributed by atoms with Gasteiger partial charge >= 0.3 is 0 Å². The molecule has 0 aliphatic carbocycles. The van der Waals surface area contributed by atoms with Crippen molar-refractivity contribution in [2.75, 3.05) is 25.0 Å². The molecular weight excluding hydrogens is 290 g/mol. The number of hydrogen-bond acceptors (Lipinski definition) is 4. The average molecular weight is 313 g/mol. The second-order valence-electron chi connectivity index (χ2n) is 4.52. The van der Waals surface area contributed by atoms with E-state index in [-0.39, 0.29) is 10.8 Å². The third-order valence-corrected chi connectivity index (χ3v) is 4.28. The molecule has 0 unspecified atom stereocenters. The van der Waals surface area contributed by atoms with Crippen LogP contribution in [-0.2, 0) is 14.8 Å². The van der Waals surface area contributed by atoms with E-state index in [0.717, 1.165) is 6.42 Å². The molecule has 0 saturated heterocycles. The van der Waals surface area contributed by atoms with Crippen LogP contribution in [0.5, 0.6) is 0 Å². The van der Waals surface area contributed by atoms with E-state index in [1.165, 1.54) is 0 Å². The number of benzene rings is 1. The number of carbonyl (C=O) groups excluding carboxylic acids is 1. The van der Waals surface area contributed by atoms with Crippen molar-refractivity contribution < 1.29 is 13.2 Å². The smallest absolute Gasteiger partial charge is 0.242 e. The Morgan fingerprint density at radius 1 is 1.14 bits per heavy atom. The van der Waals surface area contributed by atoms with Gasteiger partial charge in [-0.2, -0.15) is 0 Å². The Kier molecular flexibility index (Phi) is 7.18. The summed E-state index contributed by atoms with van der Waals surface area (Å²) in [5, 5.41) is 5.70. The summed E-state index contributed by atoms with van der Waals surface area (Å²) in [6.45, 7) is 5.12. The predicted octanol–water partition coefficient (Wildman–Crippen LogP) is 1.31. The predicted molar refractivity (Wildman–Crippen MR) is 83.7 cm³/mol. The van der Waals surface area contributed by atoms with Crippen molar-refractivity contribution in [1.29, 1.82) is 0 Å². The van der Waals surface area contributed by atoms with Gasteiger partial charge in [-0.05, 0) is 25.5 Å². The van der Waals surface area contributed by atoms with Crippen LogP contribution < -0.4 is 15.4 Å². The maximum atomic E-state index is 12.2. The maximum Gasteiger partial charge on any atom is 0.242 e. The molecule has 0 bridgehead atoms. The molecule has 118 valence electrons. The van der Waals surface area contributed by atoms with Gasteiger partial charge in [0, 0.05) is 26.1 Å². The summed E-state index contributed by atoms with van der Waals surface area (Å²) in [7, 11) is -3.53. The van der Waals surface area contributed by atoms with Crippen molar-refractivity contribution >= 4 is 21.6 Å². The Balaban J connectivity index is 2.73. The summed E-state index contributed by atoms with van der Waals surface area (Å²) in [5.41, 5.74) is 0.505. The number of para-hydroxylation sites is 1. The summed E-state index contributed by atoms with van der Waals surface area (Å²) in [5.74, 6) is -0.0607. The molecular formula is C14H23N3O3S. The number of anilines is 1. The molecule has 0 fully saturated rings. The van der Waals surface area contributed by atoms with Crippen LogP contribution in [-0.4, -0.2) is 34.0 Å². The molecule has 0 aliphatic heterocycles. The van der Waals surface area contributed by atoms with Crippen LogP contribution in [0.4, 0.5) is 5.69 Å². The van der Waals surface area contributed by atoms with Gasteiger partial charge < -0.3 is 10.6 Å². The zero-order valence-corrected chi connectivity index (χ0v) is 13.3. The van der Waals surface area contributed by atoms with E-state index in [1.54, 1.807) is 24.3 Å². The second kappa shape index (κ2) is 8.63. The van der Waals surface area contributed by atoms with Gasteiger partial charge in [-0.1, -0.05) is 19.1 Å². The monoisotopic (exact) mass is 313 g/mol. The van der Waals surface area contributed by atoms with E-state index < -0.39 is 10.0 Å². The normalized spacial score (nSPS) is 11.1. The third-order valence-electron chi connectivity index (χ3n) is 2.76. The summed E-state index contributed by atoms with van der Waals surface area (Å²) < 4.78 is 26.9. The van der Waals surface area contributed by atoms with Crippen molar-refractivity contribution in [1.82, 2.24) is 10.0 Å². The topological polar surface area (TPSA) is 87.3 Å². The SMILES string of the molecule is CCCNS(=O)(=O)c1ccccc1NCCC(=O)NCC. The van der Waals surface area contributed by atoms with Gasteiger partial charge in [0.25, 0.3) is 0 Å². The lowest BCUT2D eigenvalue weighted by Gasteiger charge is -2.12. The van der Waals surface area contributed by atoms with E-state index in [9.17, 15) is 13.2 Å². The first-order valence-electron chi connectivity index (χ1n) is 7.10. The van der Waals surface area contributed by atoms with Crippen molar-refractivity contribution in [3.63, 3.8) is 0 Å². The van der Waals surface area contributed by atoms with Crippen molar-refractivity contribution in [3.8, 4) is 0 Å². The third kappa shape index (κ3) is 5.73. The molecule has 1 rings (SSSR count). The molecule has 0 heterocycles. The fourth-order valence-electron chi connectivity index (χ4n) is 1.76. The van der Waals surface area contributed by atoms with Crippen LogP contribution in [0.1, 0.15) is 26.7 Å². The fraction of sp³-hybridized carbons (Fsp3) is 0.500. The number of rotatable bonds is 9. The lowest BCUT2D eigenvalue weighted by Crippen LogP contribution is -2.26. The van der Waals surface area contributed by atoms with Crippen molar-refractivity contribution in [2.45, 2.75) is 31.6 Å². The number of amides is 1. The first kappa shape index (κ1) is 17.5. The molecule has 0 spiro atoms. The molecule has 3 N–H and O–H groups in total. The minimum absolute atomic E-state index is 0.0607. The highest BCUT2D eigenvalue weighted by Gasteiger charge is 2.17. The zero-order valence-electron chi connectivity index (χ0n) is 12.5. The molecule has 6 nitrogen and oxygen atoms in total. The molecule has 21 heavy (non-hydrogen) atoms. The second-order valence-corrected chi connectivity index (χ2v) is 6.26. The van der Waals surface area contributed by atoms with E-state index in [0.29, 0.717) is 31.7 Å². The number of sulfonamides is 1. The molecule has 0 radical (unpaired) electrons. The van der Waals surface area contributed by atoms with Gasteiger partial charge in [0.15, 0.2) is 0 Å². The number of nitrogens with one attached hydrogen (secondary N) is 3. The lowest BCUT2D eigenvalue weighted by atomic mass is 10.3. The average Bonchev–Trinajstić information content (AvgIpc) is 2.46. The van der Waals surface area contributed by atoms with Gasteiger partial charge in [-0.25, -0.2) is 13.1 Å². The minimum Gasteiger partial charge on any atom is -0.383 e. The van der Waals surface area contributed by atoms with Crippen LogP contribution in [0.25, 0.3) is 0 Å². The van der Waals surface area contributed by atoms with Crippen molar-refractivity contribution in [3.05, 3.63) is 24.3 Å². The maximum absolute atomic E-state index is 12.2. The molecule has 1 aromatic carbocycles. The Hall–Kier alpha value is -1.60. The Morgan fingerprint density at radius 2 is 1.86 bits per heavy atom. The zero-order chi connectivity index (χ0) is 15.7. The van der Waals surface area contributed by atoms with E-state index in [1.807, 2.05) is 13.8 Å². The van der Waals surface area contributed by atoms with Gasteiger partial charge in [-0.15, -0.1) is 0 Å². The van der Waals surface area contributed by atoms with E-state index in [4.69, 9.17) is 0 Å². The highest BCUT2D eigenvalue weighted by Crippen LogP contribution is 2.20. The first-order chi connectivity index (χ1) is 10.0. The van der Waals surface area contributed by atoms with Crippen LogP contribution in [0.15, 0.2) is 29.2 Å². The highest BCUT2D eigenvalue weighted by molar-refractivity contribution is 7.89. The molecule has 0 saturated carbocycles. The Bertz CT molecular complexity index is 558. The lowest BCUT2D eigenvalue weighted by molar-refractivity contribution is -0.120. The number of carbonyl (C=O) groups is 1. The molecule has 0 atom stereocenters. The molecule has 1 amide bonds. The van der Waals surface area contributed by atoms with Crippen LogP contribution >= 0.6 is 0 Å². The summed E-state index contributed by atoms with van der Waals surface area (Å²) in [6, 6.07) is 6.67. The fourth-order valence-corrected chi connectivity index (χ4v) is 3.07. The molecule has 7 heteroatoms. The van der Waals surface area contributed by atoms with Crippen LogP contribution in [0, 0.1) is 0 Å². The highest BCUT2D eigenvalue weighted by atomic mass is 32.2. The van der Waals surface area contributed by atoms with Crippen molar-refractivity contribution in [2.24, 2.45) is 0 Å². The largest absolute Gasteiger partial charge is 0.383 e. The standard InChI is InChI=1S/C14H23N3O3S/c1-3-10-17-21(19,20)13-8-6-5-7-12(13)16-11-9-14(18)15-4-2/h5-8,16-17H,3-4,9-11H2,1-2H3,(H,15,18). The minimum atomic E-state index is -3.53. The molecule has 0 aromatic heterocycles. The van der Waals surface area contributed by atoms with Gasteiger partial charge in [0.2, 0.25) is 15.9 Å². The van der Waals surface area contributed by atoms with Gasteiger partial charge in [0.05, 0.1) is 5.69 Å². The van der Waals surface area contributed by atoms with Crippen LogP contribution in [0.2, 0.25) is 0 Å².